The molecule has 0 spiro atoms. The number of hydrogen-bond donors (Lipinski definition) is 1. The van der Waals surface area contributed by atoms with E-state index in [1.54, 1.807) is 42.5 Å². The van der Waals surface area contributed by atoms with Gasteiger partial charge in [0.2, 0.25) is 21.8 Å². The van der Waals surface area contributed by atoms with Crippen LogP contribution >= 0.6 is 11.6 Å². The number of ether oxygens (including phenoxy) is 1. The van der Waals surface area contributed by atoms with Gasteiger partial charge < -0.3 is 10.1 Å². The summed E-state index contributed by atoms with van der Waals surface area (Å²) in [6.45, 7) is 1.29. The minimum Gasteiger partial charge on any atom is -0.497 e. The number of imide groups is 1. The van der Waals surface area contributed by atoms with Crippen LogP contribution in [0.2, 0.25) is 5.02 Å². The van der Waals surface area contributed by atoms with Gasteiger partial charge >= 0.3 is 0 Å². The maximum atomic E-state index is 13.8. The van der Waals surface area contributed by atoms with Crippen LogP contribution in [0.4, 0.5) is 11.4 Å². The van der Waals surface area contributed by atoms with Gasteiger partial charge in [0.25, 0.3) is 5.91 Å². The van der Waals surface area contributed by atoms with E-state index in [9.17, 15) is 22.8 Å². The molecule has 3 aromatic rings. The Labute approximate surface area is 226 Å². The molecule has 38 heavy (non-hydrogen) atoms. The van der Waals surface area contributed by atoms with Crippen LogP contribution < -0.4 is 15.0 Å². The Balaban J connectivity index is 1.67. The molecule has 1 heterocycles. The molecule has 0 radical (unpaired) electrons. The van der Waals surface area contributed by atoms with E-state index in [-0.39, 0.29) is 30.2 Å². The number of sulfonamides is 1. The summed E-state index contributed by atoms with van der Waals surface area (Å²) >= 11 is 6.10. The molecule has 3 aromatic carbocycles. The number of carbonyl (C=O) groups is 3. The molecule has 0 aromatic heterocycles. The van der Waals surface area contributed by atoms with E-state index in [2.05, 4.69) is 5.32 Å². The fourth-order valence-corrected chi connectivity index (χ4v) is 6.06. The average molecular weight is 556 g/mol. The van der Waals surface area contributed by atoms with Gasteiger partial charge in [-0.1, -0.05) is 23.7 Å². The topological polar surface area (TPSA) is 113 Å². The lowest BCUT2D eigenvalue weighted by Crippen LogP contribution is -2.46. The molecule has 1 unspecified atom stereocenters. The van der Waals surface area contributed by atoms with E-state index in [0.29, 0.717) is 22.1 Å². The molecule has 0 saturated carbocycles. The first-order chi connectivity index (χ1) is 18.1. The van der Waals surface area contributed by atoms with E-state index >= 15 is 0 Å². The van der Waals surface area contributed by atoms with Gasteiger partial charge in [0, 0.05) is 24.2 Å². The molecular formula is C27H26ClN3O6S. The molecule has 0 aliphatic carbocycles. The lowest BCUT2D eigenvalue weighted by atomic mass is 10.1. The highest BCUT2D eigenvalue weighted by Gasteiger charge is 2.46. The Morgan fingerprint density at radius 3 is 2.37 bits per heavy atom. The predicted molar refractivity (Wildman–Crippen MR) is 144 cm³/mol. The summed E-state index contributed by atoms with van der Waals surface area (Å²) in [6.07, 6.45) is -0.0338. The van der Waals surface area contributed by atoms with Crippen LogP contribution in [0.1, 0.15) is 18.9 Å². The van der Waals surface area contributed by atoms with E-state index < -0.39 is 27.9 Å². The summed E-state index contributed by atoms with van der Waals surface area (Å²) in [5, 5.41) is 3.09. The summed E-state index contributed by atoms with van der Waals surface area (Å²) in [5.74, 6) is -0.880. The second-order valence-electron chi connectivity index (χ2n) is 8.69. The molecule has 198 valence electrons. The number of nitrogens with zero attached hydrogens (tertiary/aromatic N) is 2. The Bertz CT molecular complexity index is 1460. The predicted octanol–water partition coefficient (Wildman–Crippen LogP) is 3.87. The monoisotopic (exact) mass is 555 g/mol. The Morgan fingerprint density at radius 1 is 1.08 bits per heavy atom. The van der Waals surface area contributed by atoms with Gasteiger partial charge in [0.05, 0.1) is 24.1 Å². The van der Waals surface area contributed by atoms with Gasteiger partial charge in [-0.2, -0.15) is 4.31 Å². The number of benzene rings is 3. The zero-order chi connectivity index (χ0) is 27.4. The molecule has 1 aliphatic heterocycles. The lowest BCUT2D eigenvalue weighted by molar-refractivity contribution is -0.122. The van der Waals surface area contributed by atoms with Gasteiger partial charge in [0.15, 0.2) is 0 Å². The maximum Gasteiger partial charge on any atom is 0.252 e. The molecule has 1 atom stereocenters. The van der Waals surface area contributed by atoms with Crippen molar-refractivity contribution in [1.82, 2.24) is 4.31 Å². The largest absolute Gasteiger partial charge is 0.497 e. The average Bonchev–Trinajstić information content (AvgIpc) is 3.17. The van der Waals surface area contributed by atoms with E-state index in [4.69, 9.17) is 16.3 Å². The molecule has 4 rings (SSSR count). The first-order valence-corrected chi connectivity index (χ1v) is 13.6. The Hall–Kier alpha value is -3.73. The van der Waals surface area contributed by atoms with Crippen LogP contribution in [0.3, 0.4) is 0 Å². The van der Waals surface area contributed by atoms with Gasteiger partial charge in [-0.15, -0.1) is 0 Å². The van der Waals surface area contributed by atoms with E-state index in [1.165, 1.54) is 38.3 Å². The molecule has 1 saturated heterocycles. The van der Waals surface area contributed by atoms with Crippen molar-refractivity contribution < 1.29 is 27.5 Å². The first kappa shape index (κ1) is 27.3. The second kappa shape index (κ2) is 11.3. The Morgan fingerprint density at radius 2 is 1.76 bits per heavy atom. The summed E-state index contributed by atoms with van der Waals surface area (Å²) in [6, 6.07) is 17.8. The smallest absolute Gasteiger partial charge is 0.252 e. The molecule has 9 nitrogen and oxygen atoms in total. The number of rotatable bonds is 9. The van der Waals surface area contributed by atoms with Crippen LogP contribution in [-0.2, 0) is 30.8 Å². The highest BCUT2D eigenvalue weighted by Crippen LogP contribution is 2.31. The van der Waals surface area contributed by atoms with Crippen molar-refractivity contribution in [3.63, 3.8) is 0 Å². The minimum atomic E-state index is -4.21. The van der Waals surface area contributed by atoms with Crippen LogP contribution in [0.15, 0.2) is 77.7 Å². The molecule has 11 heteroatoms. The molecule has 0 bridgehead atoms. The standard InChI is InChI=1S/C27H26ClN3O6S/c1-18(32)29-21-6-12-24(13-7-21)38(35,36)30(15-14-19-4-3-5-20(28)16-19)25-17-26(33)31(27(25)34)22-8-10-23(37-2)11-9-22/h3-13,16,25H,14-15,17H2,1-2H3,(H,29,32). The summed E-state index contributed by atoms with van der Waals surface area (Å²) in [7, 11) is -2.71. The molecule has 1 N–H and O–H groups in total. The third-order valence-corrected chi connectivity index (χ3v) is 8.25. The number of halogens is 1. The number of carbonyl (C=O) groups excluding carboxylic acids is 3. The van der Waals surface area contributed by atoms with Crippen molar-refractivity contribution in [1.29, 1.82) is 0 Å². The first-order valence-electron chi connectivity index (χ1n) is 11.7. The van der Waals surface area contributed by atoms with Crippen LogP contribution in [-0.4, -0.2) is 50.1 Å². The van der Waals surface area contributed by atoms with Gasteiger partial charge in [-0.25, -0.2) is 13.3 Å². The molecular weight excluding hydrogens is 530 g/mol. The zero-order valence-corrected chi connectivity index (χ0v) is 22.3. The quantitative estimate of drug-likeness (QED) is 0.401. The number of anilines is 2. The number of methoxy groups -OCH3 is 1. The SMILES string of the molecule is COc1ccc(N2C(=O)CC(N(CCc3cccc(Cl)c3)S(=O)(=O)c3ccc(NC(C)=O)cc3)C2=O)cc1. The highest BCUT2D eigenvalue weighted by molar-refractivity contribution is 7.89. The Kier molecular flexibility index (Phi) is 8.15. The number of nitrogens with one attached hydrogen (secondary N) is 1. The molecule has 1 fully saturated rings. The van der Waals surface area contributed by atoms with Crippen molar-refractivity contribution in [2.75, 3.05) is 23.9 Å². The fraction of sp³-hybridized carbons (Fsp3) is 0.222. The second-order valence-corrected chi connectivity index (χ2v) is 11.0. The third kappa shape index (κ3) is 5.88. The van der Waals surface area contributed by atoms with Crippen molar-refractivity contribution in [2.45, 2.75) is 30.7 Å². The van der Waals surface area contributed by atoms with Gasteiger partial charge in [-0.3, -0.25) is 14.4 Å². The fourth-order valence-electron chi connectivity index (χ4n) is 4.27. The lowest BCUT2D eigenvalue weighted by Gasteiger charge is -2.27. The van der Waals surface area contributed by atoms with Crippen molar-refractivity contribution in [3.05, 3.63) is 83.4 Å². The third-order valence-electron chi connectivity index (χ3n) is 6.09. The summed E-state index contributed by atoms with van der Waals surface area (Å²) < 4.78 is 33.9. The van der Waals surface area contributed by atoms with Crippen molar-refractivity contribution in [3.8, 4) is 5.75 Å². The van der Waals surface area contributed by atoms with E-state index in [0.717, 1.165) is 14.8 Å². The zero-order valence-electron chi connectivity index (χ0n) is 20.8. The van der Waals surface area contributed by atoms with E-state index in [1.807, 2.05) is 6.07 Å². The molecule has 3 amide bonds. The van der Waals surface area contributed by atoms with Crippen LogP contribution in [0.5, 0.6) is 5.75 Å². The summed E-state index contributed by atoms with van der Waals surface area (Å²) in [5.41, 5.74) is 1.54. The van der Waals surface area contributed by atoms with Crippen molar-refractivity contribution in [2.24, 2.45) is 0 Å². The maximum absolute atomic E-state index is 13.8. The van der Waals surface area contributed by atoms with Crippen LogP contribution in [0.25, 0.3) is 0 Å². The van der Waals surface area contributed by atoms with Crippen LogP contribution in [0, 0.1) is 0 Å². The highest BCUT2D eigenvalue weighted by atomic mass is 35.5. The number of amides is 3. The van der Waals surface area contributed by atoms with Gasteiger partial charge in [-0.05, 0) is 72.6 Å². The summed E-state index contributed by atoms with van der Waals surface area (Å²) in [4.78, 5) is 38.8. The van der Waals surface area contributed by atoms with Crippen molar-refractivity contribution >= 4 is 50.7 Å². The minimum absolute atomic E-state index is 0.0593. The normalized spacial score (nSPS) is 15.7. The molecule has 1 aliphatic rings. The van der Waals surface area contributed by atoms with Gasteiger partial charge in [0.1, 0.15) is 11.8 Å². The number of hydrogen-bond acceptors (Lipinski definition) is 6.